The fraction of sp³-hybridized carbons (Fsp3) is 1.00. The summed E-state index contributed by atoms with van der Waals surface area (Å²) < 4.78 is 17.8. The van der Waals surface area contributed by atoms with Gasteiger partial charge in [-0.15, -0.1) is 0 Å². The highest BCUT2D eigenvalue weighted by Crippen LogP contribution is 2.37. The molecule has 0 saturated heterocycles. The molecule has 0 bridgehead atoms. The van der Waals surface area contributed by atoms with E-state index >= 15 is 0 Å². The Bertz CT molecular complexity index is 272. The molecule has 0 unspecified atom stereocenters. The lowest BCUT2D eigenvalue weighted by Gasteiger charge is -2.36. The van der Waals surface area contributed by atoms with E-state index in [1.165, 1.54) is 0 Å². The minimum absolute atomic E-state index is 0.262. The Kier molecular flexibility index (Phi) is 7.84. The highest BCUT2D eigenvalue weighted by Gasteiger charge is 2.37. The van der Waals surface area contributed by atoms with Gasteiger partial charge in [-0.2, -0.15) is 0 Å². The Morgan fingerprint density at radius 2 is 0.857 bits per heavy atom. The van der Waals surface area contributed by atoms with Crippen molar-refractivity contribution in [1.29, 1.82) is 0 Å². The fourth-order valence-electron chi connectivity index (χ4n) is 1.25. The van der Waals surface area contributed by atoms with Crippen molar-refractivity contribution in [3.63, 3.8) is 0 Å². The molecule has 0 fully saturated rings. The Labute approximate surface area is 135 Å². The smallest absolute Gasteiger partial charge is 0.192 e. The molecule has 0 aromatic heterocycles. The summed E-state index contributed by atoms with van der Waals surface area (Å²) in [4.78, 5) is 0. The normalized spacial score (nSPS) is 14.6. The first kappa shape index (κ1) is 21.3. The third-order valence-corrected chi connectivity index (χ3v) is 14.1. The lowest BCUT2D eigenvalue weighted by Crippen LogP contribution is -2.42. The van der Waals surface area contributed by atoms with Crippen molar-refractivity contribution >= 4 is 16.6 Å². The second-order valence-electron chi connectivity index (χ2n) is 8.83. The summed E-state index contributed by atoms with van der Waals surface area (Å²) >= 11 is 0. The molecule has 0 spiro atoms. The highest BCUT2D eigenvalue weighted by atomic mass is 28.4. The molecular formula is C16H38O3Si2. The van der Waals surface area contributed by atoms with Crippen LogP contribution in [0.1, 0.15) is 41.5 Å². The maximum Gasteiger partial charge on any atom is 0.192 e. The zero-order chi connectivity index (χ0) is 16.9. The van der Waals surface area contributed by atoms with Crippen molar-refractivity contribution in [3.8, 4) is 0 Å². The molecule has 0 rings (SSSR count). The van der Waals surface area contributed by atoms with Crippen LogP contribution >= 0.6 is 0 Å². The van der Waals surface area contributed by atoms with E-state index < -0.39 is 16.6 Å². The molecule has 0 aliphatic rings. The predicted octanol–water partition coefficient (Wildman–Crippen LogP) is 5.05. The van der Waals surface area contributed by atoms with E-state index in [1.807, 2.05) is 0 Å². The van der Waals surface area contributed by atoms with Gasteiger partial charge in [0.15, 0.2) is 16.6 Å². The van der Waals surface area contributed by atoms with Gasteiger partial charge in [0.05, 0.1) is 26.4 Å². The summed E-state index contributed by atoms with van der Waals surface area (Å²) in [7, 11) is -3.27. The number of rotatable bonds is 8. The van der Waals surface area contributed by atoms with Crippen LogP contribution in [-0.2, 0) is 13.6 Å². The van der Waals surface area contributed by atoms with Crippen molar-refractivity contribution < 1.29 is 13.6 Å². The number of hydrogen-bond donors (Lipinski definition) is 0. The Hall–Kier alpha value is 0.314. The zero-order valence-corrected chi connectivity index (χ0v) is 18.1. The molecule has 21 heavy (non-hydrogen) atoms. The Balaban J connectivity index is 3.81. The summed E-state index contributed by atoms with van der Waals surface area (Å²) in [6.45, 7) is 25.3. The van der Waals surface area contributed by atoms with E-state index in [4.69, 9.17) is 13.6 Å². The van der Waals surface area contributed by atoms with Crippen LogP contribution in [0.5, 0.6) is 0 Å². The van der Waals surface area contributed by atoms with Crippen LogP contribution in [0.2, 0.25) is 36.3 Å². The Morgan fingerprint density at radius 1 is 0.571 bits per heavy atom. The SMILES string of the molecule is CC(C)(C)[Si](C)(C)OCCOCCO[Si](C)(C)C(C)(C)C. The molecule has 0 amide bonds. The van der Waals surface area contributed by atoms with Gasteiger partial charge in [0.1, 0.15) is 0 Å². The van der Waals surface area contributed by atoms with E-state index in [-0.39, 0.29) is 10.1 Å². The van der Waals surface area contributed by atoms with Gasteiger partial charge < -0.3 is 13.6 Å². The average Bonchev–Trinajstić information content (AvgIpc) is 2.24. The van der Waals surface area contributed by atoms with E-state index in [0.29, 0.717) is 26.4 Å². The zero-order valence-electron chi connectivity index (χ0n) is 16.1. The number of hydrogen-bond acceptors (Lipinski definition) is 3. The molecule has 0 N–H and O–H groups in total. The van der Waals surface area contributed by atoms with Crippen LogP contribution in [0.25, 0.3) is 0 Å². The van der Waals surface area contributed by atoms with Crippen molar-refractivity contribution in [2.75, 3.05) is 26.4 Å². The van der Waals surface area contributed by atoms with Crippen molar-refractivity contribution in [3.05, 3.63) is 0 Å². The topological polar surface area (TPSA) is 27.7 Å². The van der Waals surface area contributed by atoms with Crippen LogP contribution in [0.15, 0.2) is 0 Å². The van der Waals surface area contributed by atoms with Crippen molar-refractivity contribution in [2.45, 2.75) is 77.8 Å². The highest BCUT2D eigenvalue weighted by molar-refractivity contribution is 6.74. The van der Waals surface area contributed by atoms with Gasteiger partial charge in [0, 0.05) is 0 Å². The predicted molar refractivity (Wildman–Crippen MR) is 97.1 cm³/mol. The second kappa shape index (κ2) is 7.73. The molecule has 0 radical (unpaired) electrons. The average molecular weight is 335 g/mol. The first-order valence-electron chi connectivity index (χ1n) is 8.06. The summed E-state index contributed by atoms with van der Waals surface area (Å²) in [5, 5.41) is 0.525. The largest absolute Gasteiger partial charge is 0.414 e. The van der Waals surface area contributed by atoms with Gasteiger partial charge in [0.25, 0.3) is 0 Å². The molecule has 0 aromatic rings. The molecule has 0 aliphatic carbocycles. The monoisotopic (exact) mass is 334 g/mol. The molecule has 0 aliphatic heterocycles. The van der Waals surface area contributed by atoms with Gasteiger partial charge in [-0.25, -0.2) is 0 Å². The quantitative estimate of drug-likeness (QED) is 0.459. The van der Waals surface area contributed by atoms with E-state index in [9.17, 15) is 0 Å². The molecule has 0 saturated carbocycles. The lowest BCUT2D eigenvalue weighted by molar-refractivity contribution is 0.0698. The maximum absolute atomic E-state index is 6.08. The van der Waals surface area contributed by atoms with Gasteiger partial charge in [-0.1, -0.05) is 41.5 Å². The van der Waals surface area contributed by atoms with Crippen LogP contribution in [-0.4, -0.2) is 43.1 Å². The molecule has 3 nitrogen and oxygen atoms in total. The Morgan fingerprint density at radius 3 is 1.10 bits per heavy atom. The van der Waals surface area contributed by atoms with E-state index in [2.05, 4.69) is 67.7 Å². The first-order chi connectivity index (χ1) is 9.21. The van der Waals surface area contributed by atoms with Crippen LogP contribution in [0.3, 0.4) is 0 Å². The van der Waals surface area contributed by atoms with Crippen molar-refractivity contribution in [2.24, 2.45) is 0 Å². The van der Waals surface area contributed by atoms with E-state index in [0.717, 1.165) is 0 Å². The molecule has 5 heteroatoms. The third kappa shape index (κ3) is 7.41. The maximum atomic E-state index is 6.08. The van der Waals surface area contributed by atoms with Gasteiger partial charge in [-0.3, -0.25) is 0 Å². The minimum atomic E-state index is -1.63. The molecule has 0 atom stereocenters. The van der Waals surface area contributed by atoms with Crippen molar-refractivity contribution in [1.82, 2.24) is 0 Å². The first-order valence-corrected chi connectivity index (χ1v) is 13.9. The van der Waals surface area contributed by atoms with Gasteiger partial charge >= 0.3 is 0 Å². The third-order valence-electron chi connectivity index (χ3n) is 4.99. The second-order valence-corrected chi connectivity index (χ2v) is 18.4. The molecule has 0 aromatic carbocycles. The van der Waals surface area contributed by atoms with Crippen LogP contribution in [0.4, 0.5) is 0 Å². The molecule has 128 valence electrons. The van der Waals surface area contributed by atoms with Gasteiger partial charge in [-0.05, 0) is 36.3 Å². The lowest BCUT2D eigenvalue weighted by atomic mass is 10.2. The molecular weight excluding hydrogens is 296 g/mol. The summed E-state index contributed by atoms with van der Waals surface area (Å²) in [6.07, 6.45) is 0. The van der Waals surface area contributed by atoms with E-state index in [1.54, 1.807) is 0 Å². The van der Waals surface area contributed by atoms with Crippen LogP contribution < -0.4 is 0 Å². The standard InChI is InChI=1S/C16H38O3Si2/c1-15(2,3)20(7,8)18-13-11-17-12-14-19-21(9,10)16(4,5)6/h11-14H2,1-10H3. The summed E-state index contributed by atoms with van der Waals surface area (Å²) in [5.41, 5.74) is 0. The summed E-state index contributed by atoms with van der Waals surface area (Å²) in [6, 6.07) is 0. The van der Waals surface area contributed by atoms with Crippen LogP contribution in [0, 0.1) is 0 Å². The number of ether oxygens (including phenoxy) is 1. The van der Waals surface area contributed by atoms with Gasteiger partial charge in [0.2, 0.25) is 0 Å². The fourth-order valence-corrected chi connectivity index (χ4v) is 3.30. The summed E-state index contributed by atoms with van der Waals surface area (Å²) in [5.74, 6) is 0. The molecule has 0 heterocycles. The minimum Gasteiger partial charge on any atom is -0.414 e.